The molecule has 1 unspecified atom stereocenters. The molecule has 0 amide bonds. The summed E-state index contributed by atoms with van der Waals surface area (Å²) in [5, 5.41) is 11.7. The minimum atomic E-state index is 0.0486. The normalized spacial score (nSPS) is 12.4. The first kappa shape index (κ1) is 6.75. The SMILES string of the molecule is CC(CC#N)c1ncno1. The fourth-order valence-electron chi connectivity index (χ4n) is 0.623. The number of nitrogens with zero attached hydrogens (tertiary/aromatic N) is 3. The second kappa shape index (κ2) is 2.97. The van der Waals surface area contributed by atoms with Crippen molar-refractivity contribution >= 4 is 0 Å². The van der Waals surface area contributed by atoms with E-state index in [1.54, 1.807) is 0 Å². The molecule has 0 spiro atoms. The molecule has 0 aliphatic rings. The van der Waals surface area contributed by atoms with Crippen LogP contribution >= 0.6 is 0 Å². The summed E-state index contributed by atoms with van der Waals surface area (Å²) in [6.45, 7) is 1.87. The van der Waals surface area contributed by atoms with Crippen LogP contribution in [-0.2, 0) is 0 Å². The third-order valence-electron chi connectivity index (χ3n) is 1.20. The summed E-state index contributed by atoms with van der Waals surface area (Å²) in [4.78, 5) is 3.81. The van der Waals surface area contributed by atoms with Gasteiger partial charge >= 0.3 is 0 Å². The van der Waals surface area contributed by atoms with E-state index in [-0.39, 0.29) is 5.92 Å². The predicted octanol–water partition coefficient (Wildman–Crippen LogP) is 1.09. The smallest absolute Gasteiger partial charge is 0.230 e. The van der Waals surface area contributed by atoms with Gasteiger partial charge in [-0.1, -0.05) is 12.1 Å². The van der Waals surface area contributed by atoms with Gasteiger partial charge in [0.05, 0.1) is 6.07 Å². The van der Waals surface area contributed by atoms with E-state index < -0.39 is 0 Å². The van der Waals surface area contributed by atoms with E-state index in [1.807, 2.05) is 13.0 Å². The Balaban J connectivity index is 2.61. The molecule has 1 aromatic heterocycles. The molecule has 10 heavy (non-hydrogen) atoms. The topological polar surface area (TPSA) is 62.7 Å². The van der Waals surface area contributed by atoms with Crippen molar-refractivity contribution < 1.29 is 4.52 Å². The lowest BCUT2D eigenvalue weighted by atomic mass is 10.1. The van der Waals surface area contributed by atoms with Gasteiger partial charge in [-0.2, -0.15) is 10.2 Å². The lowest BCUT2D eigenvalue weighted by molar-refractivity contribution is 0.359. The molecule has 1 atom stereocenters. The maximum absolute atomic E-state index is 8.30. The van der Waals surface area contributed by atoms with Gasteiger partial charge in [-0.15, -0.1) is 0 Å². The Morgan fingerprint density at radius 3 is 3.20 bits per heavy atom. The number of nitriles is 1. The van der Waals surface area contributed by atoms with Gasteiger partial charge in [-0.25, -0.2) is 0 Å². The molecule has 0 saturated heterocycles. The quantitative estimate of drug-likeness (QED) is 0.612. The van der Waals surface area contributed by atoms with Gasteiger partial charge in [0, 0.05) is 12.3 Å². The summed E-state index contributed by atoms with van der Waals surface area (Å²) in [5.74, 6) is 0.578. The first-order valence-electron chi connectivity index (χ1n) is 2.98. The van der Waals surface area contributed by atoms with Crippen molar-refractivity contribution in [2.75, 3.05) is 0 Å². The number of hydrogen-bond acceptors (Lipinski definition) is 4. The van der Waals surface area contributed by atoms with Crippen molar-refractivity contribution in [1.29, 1.82) is 5.26 Å². The molecule has 1 rings (SSSR count). The van der Waals surface area contributed by atoms with Crippen LogP contribution in [0.15, 0.2) is 10.9 Å². The molecule has 0 bridgehead atoms. The molecule has 0 aromatic carbocycles. The average Bonchev–Trinajstić information content (AvgIpc) is 2.38. The monoisotopic (exact) mass is 137 g/mol. The van der Waals surface area contributed by atoms with Gasteiger partial charge in [0.25, 0.3) is 0 Å². The van der Waals surface area contributed by atoms with E-state index in [2.05, 4.69) is 10.1 Å². The van der Waals surface area contributed by atoms with Crippen LogP contribution in [0.4, 0.5) is 0 Å². The molecule has 0 saturated carbocycles. The van der Waals surface area contributed by atoms with E-state index in [4.69, 9.17) is 9.78 Å². The van der Waals surface area contributed by atoms with Gasteiger partial charge in [-0.05, 0) is 0 Å². The highest BCUT2D eigenvalue weighted by Crippen LogP contribution is 2.13. The van der Waals surface area contributed by atoms with Crippen molar-refractivity contribution in [2.45, 2.75) is 19.3 Å². The Morgan fingerprint density at radius 2 is 2.70 bits per heavy atom. The fraction of sp³-hybridized carbons (Fsp3) is 0.500. The second-order valence-corrected chi connectivity index (χ2v) is 2.04. The van der Waals surface area contributed by atoms with Gasteiger partial charge in [-0.3, -0.25) is 0 Å². The highest BCUT2D eigenvalue weighted by atomic mass is 16.5. The van der Waals surface area contributed by atoms with E-state index in [9.17, 15) is 0 Å². The Bertz CT molecular complexity index is 224. The minimum absolute atomic E-state index is 0.0486. The van der Waals surface area contributed by atoms with Crippen LogP contribution in [0.5, 0.6) is 0 Å². The molecule has 0 N–H and O–H groups in total. The van der Waals surface area contributed by atoms with Gasteiger partial charge < -0.3 is 4.52 Å². The Hall–Kier alpha value is -1.37. The molecule has 4 nitrogen and oxygen atoms in total. The van der Waals surface area contributed by atoms with E-state index in [1.165, 1.54) is 6.33 Å². The standard InChI is InChI=1S/C6H7N3O/c1-5(2-3-7)6-8-4-9-10-6/h4-5H,2H2,1H3. The van der Waals surface area contributed by atoms with Crippen molar-refractivity contribution in [2.24, 2.45) is 0 Å². The maximum Gasteiger partial charge on any atom is 0.230 e. The minimum Gasteiger partial charge on any atom is -0.339 e. The molecular weight excluding hydrogens is 130 g/mol. The zero-order chi connectivity index (χ0) is 7.40. The molecule has 52 valence electrons. The molecule has 0 aliphatic heterocycles. The van der Waals surface area contributed by atoms with E-state index >= 15 is 0 Å². The van der Waals surface area contributed by atoms with Crippen LogP contribution in [-0.4, -0.2) is 10.1 Å². The van der Waals surface area contributed by atoms with Gasteiger partial charge in [0.1, 0.15) is 0 Å². The number of aromatic nitrogens is 2. The predicted molar refractivity (Wildman–Crippen MR) is 32.9 cm³/mol. The van der Waals surface area contributed by atoms with Crippen LogP contribution in [0.25, 0.3) is 0 Å². The lowest BCUT2D eigenvalue weighted by Crippen LogP contribution is -1.90. The van der Waals surface area contributed by atoms with Crippen LogP contribution in [0, 0.1) is 11.3 Å². The van der Waals surface area contributed by atoms with Crippen LogP contribution in [0.3, 0.4) is 0 Å². The summed E-state index contributed by atoms with van der Waals surface area (Å²) in [5.41, 5.74) is 0. The third-order valence-corrected chi connectivity index (χ3v) is 1.20. The molecule has 0 fully saturated rings. The number of rotatable bonds is 2. The van der Waals surface area contributed by atoms with Crippen molar-refractivity contribution in [3.8, 4) is 6.07 Å². The average molecular weight is 137 g/mol. The first-order chi connectivity index (χ1) is 4.84. The van der Waals surface area contributed by atoms with Crippen LogP contribution in [0.2, 0.25) is 0 Å². The largest absolute Gasteiger partial charge is 0.339 e. The zero-order valence-corrected chi connectivity index (χ0v) is 5.61. The summed E-state index contributed by atoms with van der Waals surface area (Å²) in [6.07, 6.45) is 1.76. The molecular formula is C6H7N3O. The van der Waals surface area contributed by atoms with Crippen molar-refractivity contribution in [1.82, 2.24) is 10.1 Å². The molecule has 4 heteroatoms. The molecule has 0 aliphatic carbocycles. The summed E-state index contributed by atoms with van der Waals surface area (Å²) < 4.78 is 4.74. The Labute approximate surface area is 58.5 Å². The fourth-order valence-corrected chi connectivity index (χ4v) is 0.623. The van der Waals surface area contributed by atoms with Gasteiger partial charge in [0.2, 0.25) is 5.89 Å². The second-order valence-electron chi connectivity index (χ2n) is 2.04. The Morgan fingerprint density at radius 1 is 1.90 bits per heavy atom. The van der Waals surface area contributed by atoms with Crippen LogP contribution in [0.1, 0.15) is 25.2 Å². The lowest BCUT2D eigenvalue weighted by Gasteiger charge is -1.96. The van der Waals surface area contributed by atoms with E-state index in [0.717, 1.165) is 0 Å². The number of hydrogen-bond donors (Lipinski definition) is 0. The molecule has 1 heterocycles. The molecule has 1 aromatic rings. The first-order valence-corrected chi connectivity index (χ1v) is 2.98. The third kappa shape index (κ3) is 1.32. The van der Waals surface area contributed by atoms with E-state index in [0.29, 0.717) is 12.3 Å². The van der Waals surface area contributed by atoms with Crippen LogP contribution < -0.4 is 0 Å². The highest BCUT2D eigenvalue weighted by molar-refractivity contribution is 4.91. The summed E-state index contributed by atoms with van der Waals surface area (Å²) in [6, 6.07) is 2.03. The Kier molecular flexibility index (Phi) is 2.00. The maximum atomic E-state index is 8.30. The van der Waals surface area contributed by atoms with Crippen molar-refractivity contribution in [3.05, 3.63) is 12.2 Å². The summed E-state index contributed by atoms with van der Waals surface area (Å²) in [7, 11) is 0. The molecule has 0 radical (unpaired) electrons. The van der Waals surface area contributed by atoms with Crippen molar-refractivity contribution in [3.63, 3.8) is 0 Å². The van der Waals surface area contributed by atoms with Gasteiger partial charge in [0.15, 0.2) is 6.33 Å². The zero-order valence-electron chi connectivity index (χ0n) is 5.61. The highest BCUT2D eigenvalue weighted by Gasteiger charge is 2.09. The summed E-state index contributed by atoms with van der Waals surface area (Å²) >= 11 is 0.